The molecule has 2 fully saturated rings. The molecule has 2 aliphatic heterocycles. The minimum atomic E-state index is -0.716. The summed E-state index contributed by atoms with van der Waals surface area (Å²) in [4.78, 5) is 40.6. The SMILES string of the molecule is O=C(NC1CCCCC1)NC1CCN2C(=O)c3cc(-c4ccccc4)ccc3NC(=O)C12. The molecule has 1 aliphatic carbocycles. The number of benzene rings is 2. The lowest BCUT2D eigenvalue weighted by molar-refractivity contribution is -0.120. The van der Waals surface area contributed by atoms with E-state index in [9.17, 15) is 14.4 Å². The van der Waals surface area contributed by atoms with Gasteiger partial charge >= 0.3 is 6.03 Å². The van der Waals surface area contributed by atoms with Gasteiger partial charge in [-0.25, -0.2) is 4.79 Å². The number of hydrogen-bond acceptors (Lipinski definition) is 3. The topological polar surface area (TPSA) is 90.5 Å². The molecule has 2 atom stereocenters. The second-order valence-electron chi connectivity index (χ2n) is 8.91. The number of nitrogens with zero attached hydrogens (tertiary/aromatic N) is 1. The van der Waals surface area contributed by atoms with Gasteiger partial charge in [0.15, 0.2) is 0 Å². The summed E-state index contributed by atoms with van der Waals surface area (Å²) in [5.41, 5.74) is 2.93. The highest BCUT2D eigenvalue weighted by Gasteiger charge is 2.45. The van der Waals surface area contributed by atoms with E-state index in [0.717, 1.165) is 36.8 Å². The summed E-state index contributed by atoms with van der Waals surface area (Å²) in [6.45, 7) is 0.431. The van der Waals surface area contributed by atoms with Crippen LogP contribution in [0.4, 0.5) is 10.5 Å². The summed E-state index contributed by atoms with van der Waals surface area (Å²) in [6.07, 6.45) is 6.01. The minimum absolute atomic E-state index is 0.182. The first-order chi connectivity index (χ1) is 15.6. The monoisotopic (exact) mass is 432 g/mol. The van der Waals surface area contributed by atoms with Gasteiger partial charge in [0.25, 0.3) is 5.91 Å². The van der Waals surface area contributed by atoms with Crippen LogP contribution in [0.25, 0.3) is 11.1 Å². The number of carbonyl (C=O) groups is 3. The van der Waals surface area contributed by atoms with Gasteiger partial charge in [0, 0.05) is 12.6 Å². The lowest BCUT2D eigenvalue weighted by Crippen LogP contribution is -2.54. The zero-order chi connectivity index (χ0) is 22.1. The van der Waals surface area contributed by atoms with Crippen molar-refractivity contribution in [2.45, 2.75) is 56.7 Å². The molecule has 2 unspecified atom stereocenters. The third kappa shape index (κ3) is 3.95. The van der Waals surface area contributed by atoms with Crippen molar-refractivity contribution < 1.29 is 14.4 Å². The number of carbonyl (C=O) groups excluding carboxylic acids is 3. The summed E-state index contributed by atoms with van der Waals surface area (Å²) in [5, 5.41) is 8.92. The van der Waals surface area contributed by atoms with Crippen molar-refractivity contribution in [2.24, 2.45) is 0 Å². The quantitative estimate of drug-likeness (QED) is 0.693. The molecule has 0 spiro atoms. The number of rotatable bonds is 3. The number of anilines is 1. The van der Waals surface area contributed by atoms with E-state index < -0.39 is 12.1 Å². The van der Waals surface area contributed by atoms with Gasteiger partial charge in [-0.1, -0.05) is 55.7 Å². The van der Waals surface area contributed by atoms with Crippen LogP contribution in [0, 0.1) is 0 Å². The summed E-state index contributed by atoms with van der Waals surface area (Å²) < 4.78 is 0. The highest BCUT2D eigenvalue weighted by molar-refractivity contribution is 6.11. The molecule has 0 bridgehead atoms. The van der Waals surface area contributed by atoms with Gasteiger partial charge in [-0.05, 0) is 42.5 Å². The van der Waals surface area contributed by atoms with Gasteiger partial charge in [0.1, 0.15) is 6.04 Å². The number of urea groups is 1. The van der Waals surface area contributed by atoms with Gasteiger partial charge in [0.05, 0.1) is 17.3 Å². The van der Waals surface area contributed by atoms with Gasteiger partial charge in [-0.3, -0.25) is 9.59 Å². The Balaban J connectivity index is 1.34. The fourth-order valence-electron chi connectivity index (χ4n) is 5.14. The Morgan fingerprint density at radius 1 is 0.906 bits per heavy atom. The average Bonchev–Trinajstić information content (AvgIpc) is 3.19. The smallest absolute Gasteiger partial charge is 0.315 e. The maximum absolute atomic E-state index is 13.4. The minimum Gasteiger partial charge on any atom is -0.335 e. The number of hydrogen-bond donors (Lipinski definition) is 3. The fraction of sp³-hybridized carbons (Fsp3) is 0.400. The van der Waals surface area contributed by atoms with E-state index in [1.807, 2.05) is 42.5 Å². The Kier molecular flexibility index (Phi) is 5.55. The van der Waals surface area contributed by atoms with E-state index in [4.69, 9.17) is 0 Å². The third-order valence-electron chi connectivity index (χ3n) is 6.80. The van der Waals surface area contributed by atoms with Gasteiger partial charge in [0.2, 0.25) is 5.91 Å². The maximum atomic E-state index is 13.4. The van der Waals surface area contributed by atoms with Crippen LogP contribution in [-0.2, 0) is 4.79 Å². The van der Waals surface area contributed by atoms with Gasteiger partial charge < -0.3 is 20.9 Å². The van der Waals surface area contributed by atoms with Crippen molar-refractivity contribution >= 4 is 23.5 Å². The molecular weight excluding hydrogens is 404 g/mol. The number of nitrogens with one attached hydrogen (secondary N) is 3. The van der Waals surface area contributed by atoms with E-state index in [2.05, 4.69) is 16.0 Å². The first kappa shape index (κ1) is 20.5. The van der Waals surface area contributed by atoms with Crippen molar-refractivity contribution in [2.75, 3.05) is 11.9 Å². The van der Waals surface area contributed by atoms with Crippen LogP contribution in [0.5, 0.6) is 0 Å². The zero-order valence-corrected chi connectivity index (χ0v) is 18.0. The van der Waals surface area contributed by atoms with Crippen molar-refractivity contribution in [1.29, 1.82) is 0 Å². The highest BCUT2D eigenvalue weighted by atomic mass is 16.2. The van der Waals surface area contributed by atoms with E-state index in [-0.39, 0.29) is 23.9 Å². The Morgan fingerprint density at radius 3 is 2.47 bits per heavy atom. The van der Waals surface area contributed by atoms with Crippen LogP contribution in [0.3, 0.4) is 0 Å². The van der Waals surface area contributed by atoms with Crippen LogP contribution in [-0.4, -0.2) is 47.4 Å². The van der Waals surface area contributed by atoms with Gasteiger partial charge in [-0.2, -0.15) is 0 Å². The second-order valence-corrected chi connectivity index (χ2v) is 8.91. The third-order valence-corrected chi connectivity index (χ3v) is 6.80. The molecule has 7 heteroatoms. The van der Waals surface area contributed by atoms with E-state index in [0.29, 0.717) is 24.2 Å². The molecule has 3 N–H and O–H groups in total. The van der Waals surface area contributed by atoms with Crippen LogP contribution in [0.1, 0.15) is 48.9 Å². The first-order valence-electron chi connectivity index (χ1n) is 11.5. The van der Waals surface area contributed by atoms with E-state index in [1.165, 1.54) is 6.42 Å². The molecule has 2 aromatic carbocycles. The molecular formula is C25H28N4O3. The number of amides is 4. The lowest BCUT2D eigenvalue weighted by atomic mass is 9.96. The fourth-order valence-corrected chi connectivity index (χ4v) is 5.14. The molecule has 0 radical (unpaired) electrons. The Labute approximate surface area is 187 Å². The summed E-state index contributed by atoms with van der Waals surface area (Å²) in [7, 11) is 0. The molecule has 32 heavy (non-hydrogen) atoms. The van der Waals surface area contributed by atoms with Gasteiger partial charge in [-0.15, -0.1) is 0 Å². The van der Waals surface area contributed by atoms with Crippen LogP contribution in [0.2, 0.25) is 0 Å². The highest BCUT2D eigenvalue weighted by Crippen LogP contribution is 2.32. The molecule has 2 heterocycles. The standard InChI is InChI=1S/C25H28N4O3/c30-23-22-21(28-25(32)26-18-9-5-2-6-10-18)13-14-29(22)24(31)19-15-17(11-12-20(19)27-23)16-7-3-1-4-8-16/h1,3-4,7-8,11-12,15,18,21-22H,2,5-6,9-10,13-14H2,(H,27,30)(H2,26,28,32). The molecule has 166 valence electrons. The summed E-state index contributed by atoms with van der Waals surface area (Å²) in [6, 6.07) is 14.2. The average molecular weight is 433 g/mol. The summed E-state index contributed by atoms with van der Waals surface area (Å²) >= 11 is 0. The maximum Gasteiger partial charge on any atom is 0.315 e. The normalized spacial score (nSPS) is 23.1. The number of fused-ring (bicyclic) bond motifs is 2. The molecule has 0 aromatic heterocycles. The molecule has 5 rings (SSSR count). The Hall–Kier alpha value is -3.35. The molecule has 1 saturated carbocycles. The zero-order valence-electron chi connectivity index (χ0n) is 18.0. The molecule has 3 aliphatic rings. The molecule has 1 saturated heterocycles. The van der Waals surface area contributed by atoms with Crippen molar-refractivity contribution in [3.8, 4) is 11.1 Å². The summed E-state index contributed by atoms with van der Waals surface area (Å²) in [5.74, 6) is -0.442. The van der Waals surface area contributed by atoms with E-state index >= 15 is 0 Å². The van der Waals surface area contributed by atoms with Crippen molar-refractivity contribution in [3.05, 3.63) is 54.1 Å². The van der Waals surface area contributed by atoms with Crippen molar-refractivity contribution in [1.82, 2.24) is 15.5 Å². The van der Waals surface area contributed by atoms with Crippen LogP contribution in [0.15, 0.2) is 48.5 Å². The van der Waals surface area contributed by atoms with E-state index in [1.54, 1.807) is 11.0 Å². The predicted octanol–water partition coefficient (Wildman–Crippen LogP) is 3.52. The van der Waals surface area contributed by atoms with Crippen LogP contribution < -0.4 is 16.0 Å². The Bertz CT molecular complexity index is 1030. The molecule has 4 amide bonds. The largest absolute Gasteiger partial charge is 0.335 e. The van der Waals surface area contributed by atoms with Crippen LogP contribution >= 0.6 is 0 Å². The molecule has 2 aromatic rings. The second kappa shape index (κ2) is 8.65. The predicted molar refractivity (Wildman–Crippen MR) is 122 cm³/mol. The lowest BCUT2D eigenvalue weighted by Gasteiger charge is -2.27. The molecule has 7 nitrogen and oxygen atoms in total. The first-order valence-corrected chi connectivity index (χ1v) is 11.5. The van der Waals surface area contributed by atoms with Crippen molar-refractivity contribution in [3.63, 3.8) is 0 Å². The Morgan fingerprint density at radius 2 is 1.69 bits per heavy atom.